The van der Waals surface area contributed by atoms with Crippen molar-refractivity contribution in [3.63, 3.8) is 0 Å². The monoisotopic (exact) mass is 352 g/mol. The lowest BCUT2D eigenvalue weighted by Gasteiger charge is -2.25. The summed E-state index contributed by atoms with van der Waals surface area (Å²) in [6, 6.07) is 0. The Hall–Kier alpha value is -1.43. The number of carboxylic acid groups (broad SMARTS) is 1. The highest BCUT2D eigenvalue weighted by molar-refractivity contribution is 5.77. The molecule has 4 atom stereocenters. The summed E-state index contributed by atoms with van der Waals surface area (Å²) >= 11 is 0. The zero-order valence-corrected chi connectivity index (χ0v) is 15.3. The van der Waals surface area contributed by atoms with E-state index >= 15 is 0 Å². The third-order valence-corrected chi connectivity index (χ3v) is 5.36. The third kappa shape index (κ3) is 6.42. The number of carbonyl (C=O) groups excluding carboxylic acids is 1. The van der Waals surface area contributed by atoms with Crippen LogP contribution in [0.15, 0.2) is 5.10 Å². The summed E-state index contributed by atoms with van der Waals surface area (Å²) in [7, 11) is 0. The van der Waals surface area contributed by atoms with Gasteiger partial charge in [0.1, 0.15) is 0 Å². The van der Waals surface area contributed by atoms with Crippen LogP contribution >= 0.6 is 0 Å². The average Bonchev–Trinajstić information content (AvgIpc) is 3.18. The van der Waals surface area contributed by atoms with Crippen molar-refractivity contribution in [1.82, 2.24) is 5.43 Å². The van der Waals surface area contributed by atoms with Crippen molar-refractivity contribution in [2.75, 3.05) is 0 Å². The van der Waals surface area contributed by atoms with Crippen LogP contribution in [0.2, 0.25) is 0 Å². The van der Waals surface area contributed by atoms with Crippen LogP contribution in [0.5, 0.6) is 0 Å². The van der Waals surface area contributed by atoms with Crippen molar-refractivity contribution < 1.29 is 19.4 Å². The number of fused-ring (bicyclic) bond motifs is 2. The molecule has 0 spiro atoms. The molecule has 2 rings (SSSR count). The van der Waals surface area contributed by atoms with Crippen molar-refractivity contribution in [3.05, 3.63) is 0 Å². The number of rotatable bonds is 12. The molecule has 142 valence electrons. The number of nitrogens with one attached hydrogen (secondary N) is 1. The lowest BCUT2D eigenvalue weighted by molar-refractivity contribution is -0.137. The van der Waals surface area contributed by atoms with E-state index in [1.54, 1.807) is 0 Å². The van der Waals surface area contributed by atoms with Crippen molar-refractivity contribution in [2.24, 2.45) is 16.9 Å². The first kappa shape index (κ1) is 19.9. The van der Waals surface area contributed by atoms with Crippen LogP contribution in [0.3, 0.4) is 0 Å². The van der Waals surface area contributed by atoms with Gasteiger partial charge in [-0.05, 0) is 38.0 Å². The summed E-state index contributed by atoms with van der Waals surface area (Å²) in [5, 5.41) is 12.8. The zero-order valence-electron chi connectivity index (χ0n) is 15.3. The number of hydrazone groups is 1. The number of carboxylic acids is 1. The van der Waals surface area contributed by atoms with Gasteiger partial charge in [0, 0.05) is 25.0 Å². The second-order valence-corrected chi connectivity index (χ2v) is 7.29. The molecular formula is C19H32N2O4. The molecule has 0 aromatic heterocycles. The molecule has 2 aliphatic heterocycles. The Balaban J connectivity index is 1.71. The second kappa shape index (κ2) is 10.5. The molecule has 0 aromatic rings. The molecule has 2 fully saturated rings. The summed E-state index contributed by atoms with van der Waals surface area (Å²) in [6.07, 6.45) is 12.4. The van der Waals surface area contributed by atoms with Crippen molar-refractivity contribution in [3.8, 4) is 0 Å². The van der Waals surface area contributed by atoms with E-state index < -0.39 is 5.97 Å². The summed E-state index contributed by atoms with van der Waals surface area (Å²) < 4.78 is 6.05. The maximum Gasteiger partial charge on any atom is 0.303 e. The molecule has 2 bridgehead atoms. The molecule has 6 nitrogen and oxygen atoms in total. The Morgan fingerprint density at radius 2 is 1.88 bits per heavy atom. The van der Waals surface area contributed by atoms with Gasteiger partial charge < -0.3 is 9.84 Å². The Bertz CT molecular complexity index is 466. The maximum atomic E-state index is 11.6. The largest absolute Gasteiger partial charge is 0.481 e. The highest BCUT2D eigenvalue weighted by Crippen LogP contribution is 2.44. The van der Waals surface area contributed by atoms with Gasteiger partial charge in [0.05, 0.1) is 12.2 Å². The van der Waals surface area contributed by atoms with E-state index in [-0.39, 0.29) is 18.4 Å². The summed E-state index contributed by atoms with van der Waals surface area (Å²) in [4.78, 5) is 22.2. The Kier molecular flexibility index (Phi) is 8.38. The van der Waals surface area contributed by atoms with Crippen molar-refractivity contribution in [1.29, 1.82) is 0 Å². The number of aliphatic carboxylic acids is 1. The van der Waals surface area contributed by atoms with Gasteiger partial charge in [-0.3, -0.25) is 9.59 Å². The van der Waals surface area contributed by atoms with E-state index in [1.165, 1.54) is 0 Å². The Labute approximate surface area is 150 Å². The first-order valence-electron chi connectivity index (χ1n) is 9.81. The van der Waals surface area contributed by atoms with Crippen LogP contribution < -0.4 is 5.43 Å². The van der Waals surface area contributed by atoms with Gasteiger partial charge in [0.2, 0.25) is 5.91 Å². The van der Waals surface area contributed by atoms with Gasteiger partial charge >= 0.3 is 5.97 Å². The molecule has 2 saturated heterocycles. The lowest BCUT2D eigenvalue weighted by Crippen LogP contribution is -2.29. The van der Waals surface area contributed by atoms with Gasteiger partial charge in [-0.1, -0.05) is 32.6 Å². The highest BCUT2D eigenvalue weighted by Gasteiger charge is 2.47. The summed E-state index contributed by atoms with van der Waals surface area (Å²) in [6.45, 7) is 2.06. The molecule has 6 heteroatoms. The minimum atomic E-state index is -0.709. The second-order valence-electron chi connectivity index (χ2n) is 7.29. The van der Waals surface area contributed by atoms with Gasteiger partial charge in [0.25, 0.3) is 0 Å². The number of carbonyl (C=O) groups is 2. The van der Waals surface area contributed by atoms with E-state index in [1.807, 2.05) is 6.21 Å². The minimum absolute atomic E-state index is 0.0165. The van der Waals surface area contributed by atoms with Crippen LogP contribution in [0.1, 0.15) is 77.6 Å². The lowest BCUT2D eigenvalue weighted by atomic mass is 9.77. The van der Waals surface area contributed by atoms with Gasteiger partial charge in [-0.2, -0.15) is 5.10 Å². The predicted octanol–water partition coefficient (Wildman–Crippen LogP) is 3.50. The number of ether oxygens (including phenoxy) is 1. The maximum absolute atomic E-state index is 11.6. The number of hydrogen-bond donors (Lipinski definition) is 2. The molecule has 0 aromatic carbocycles. The number of hydrogen-bond acceptors (Lipinski definition) is 4. The fourth-order valence-electron chi connectivity index (χ4n) is 3.99. The number of amides is 1. The van der Waals surface area contributed by atoms with Gasteiger partial charge in [-0.15, -0.1) is 0 Å². The molecule has 0 unspecified atom stereocenters. The highest BCUT2D eigenvalue weighted by atomic mass is 16.5. The van der Waals surface area contributed by atoms with E-state index in [0.29, 0.717) is 24.4 Å². The van der Waals surface area contributed by atoms with E-state index in [2.05, 4.69) is 17.5 Å². The predicted molar refractivity (Wildman–Crippen MR) is 96.4 cm³/mol. The Morgan fingerprint density at radius 3 is 2.64 bits per heavy atom. The topological polar surface area (TPSA) is 88.0 Å². The van der Waals surface area contributed by atoms with E-state index in [0.717, 1.165) is 57.8 Å². The molecule has 0 aliphatic carbocycles. The Morgan fingerprint density at radius 1 is 1.12 bits per heavy atom. The van der Waals surface area contributed by atoms with Crippen molar-refractivity contribution in [2.45, 2.75) is 89.8 Å². The first-order valence-corrected chi connectivity index (χ1v) is 9.81. The zero-order chi connectivity index (χ0) is 18.1. The first-order chi connectivity index (χ1) is 12.1. The smallest absolute Gasteiger partial charge is 0.303 e. The molecule has 2 heterocycles. The van der Waals surface area contributed by atoms with Gasteiger partial charge in [0.15, 0.2) is 0 Å². The van der Waals surface area contributed by atoms with E-state index in [4.69, 9.17) is 9.84 Å². The number of unbranched alkanes of at least 4 members (excludes halogenated alkanes) is 4. The molecule has 2 aliphatic rings. The molecule has 0 saturated carbocycles. The van der Waals surface area contributed by atoms with Crippen LogP contribution in [0, 0.1) is 11.8 Å². The number of nitrogens with zero attached hydrogens (tertiary/aromatic N) is 1. The third-order valence-electron chi connectivity index (χ3n) is 5.36. The van der Waals surface area contributed by atoms with Gasteiger partial charge in [-0.25, -0.2) is 5.43 Å². The molecular weight excluding hydrogens is 320 g/mol. The summed E-state index contributed by atoms with van der Waals surface area (Å²) in [5.74, 6) is 0.0506. The van der Waals surface area contributed by atoms with Crippen LogP contribution in [0.4, 0.5) is 0 Å². The SMILES string of the molecule is CCCCC(=O)NN=C[C@@H]1[C@@H](CCCCCCC(=O)O)[C@@H]2CC[C@H]1O2. The molecule has 0 radical (unpaired) electrons. The quantitative estimate of drug-likeness (QED) is 0.320. The summed E-state index contributed by atoms with van der Waals surface area (Å²) in [5.41, 5.74) is 2.64. The molecule has 2 N–H and O–H groups in total. The van der Waals surface area contributed by atoms with Crippen LogP contribution in [-0.2, 0) is 14.3 Å². The fraction of sp³-hybridized carbons (Fsp3) is 0.842. The van der Waals surface area contributed by atoms with Crippen LogP contribution in [0.25, 0.3) is 0 Å². The normalized spacial score (nSPS) is 27.9. The molecule has 1 amide bonds. The standard InChI is InChI=1S/C19H32N2O4/c1-2-3-9-18(22)21-20-13-15-14(16-11-12-17(15)25-16)8-6-4-5-7-10-19(23)24/h13-17H,2-12H2,1H3,(H,21,22)(H,23,24)/t14-,15-,16+,17-/m1/s1. The molecule has 25 heavy (non-hydrogen) atoms. The average molecular weight is 352 g/mol. The van der Waals surface area contributed by atoms with E-state index in [9.17, 15) is 9.59 Å². The van der Waals surface area contributed by atoms with Crippen molar-refractivity contribution >= 4 is 18.1 Å². The van der Waals surface area contributed by atoms with Crippen LogP contribution in [-0.4, -0.2) is 35.4 Å². The fourth-order valence-corrected chi connectivity index (χ4v) is 3.99. The minimum Gasteiger partial charge on any atom is -0.481 e.